The maximum absolute atomic E-state index is 5.70. The van der Waals surface area contributed by atoms with Crippen molar-refractivity contribution in [1.82, 2.24) is 0 Å². The second-order valence-corrected chi connectivity index (χ2v) is 3.50. The van der Waals surface area contributed by atoms with Gasteiger partial charge in [-0.1, -0.05) is 18.2 Å². The first-order valence-corrected chi connectivity index (χ1v) is 5.25. The summed E-state index contributed by atoms with van der Waals surface area (Å²) in [5.74, 6) is 0.869. The van der Waals surface area contributed by atoms with Crippen LogP contribution in [0.5, 0.6) is 5.75 Å². The smallest absolute Gasteiger partial charge is 0.202 e. The third-order valence-electron chi connectivity index (χ3n) is 2.57. The molecule has 0 N–H and O–H groups in total. The predicted molar refractivity (Wildman–Crippen MR) is 56.9 cm³/mol. The van der Waals surface area contributed by atoms with Crippen molar-refractivity contribution < 1.29 is 14.2 Å². The Morgan fingerprint density at radius 1 is 1.40 bits per heavy atom. The molecule has 0 saturated carbocycles. The van der Waals surface area contributed by atoms with Gasteiger partial charge in [0.25, 0.3) is 0 Å². The normalized spacial score (nSPS) is 24.4. The average Bonchev–Trinajstić information content (AvgIpc) is 2.28. The SMILES string of the molecule is CCO[C@@H]1C[C@H](OC)c2ccccc2O1. The second-order valence-electron chi connectivity index (χ2n) is 3.50. The van der Waals surface area contributed by atoms with Gasteiger partial charge >= 0.3 is 0 Å². The van der Waals surface area contributed by atoms with Crippen molar-refractivity contribution in [3.63, 3.8) is 0 Å². The maximum atomic E-state index is 5.70. The van der Waals surface area contributed by atoms with Gasteiger partial charge in [-0.25, -0.2) is 0 Å². The zero-order valence-electron chi connectivity index (χ0n) is 9.10. The molecule has 0 radical (unpaired) electrons. The van der Waals surface area contributed by atoms with Gasteiger partial charge in [0.15, 0.2) is 0 Å². The summed E-state index contributed by atoms with van der Waals surface area (Å²) in [5.41, 5.74) is 1.11. The Kier molecular flexibility index (Phi) is 3.23. The molecule has 1 aromatic carbocycles. The van der Waals surface area contributed by atoms with Crippen LogP contribution >= 0.6 is 0 Å². The third-order valence-corrected chi connectivity index (χ3v) is 2.57. The van der Waals surface area contributed by atoms with Crippen molar-refractivity contribution >= 4 is 0 Å². The summed E-state index contributed by atoms with van der Waals surface area (Å²) in [6.07, 6.45) is 0.641. The van der Waals surface area contributed by atoms with Gasteiger partial charge in [-0.05, 0) is 13.0 Å². The average molecular weight is 208 g/mol. The standard InChI is InChI=1S/C12H16O3/c1-3-14-12-8-11(13-2)9-6-4-5-7-10(9)15-12/h4-7,11-12H,3,8H2,1-2H3/t11-,12-/m0/s1. The Morgan fingerprint density at radius 3 is 2.93 bits per heavy atom. The summed E-state index contributed by atoms with van der Waals surface area (Å²) in [7, 11) is 1.72. The molecule has 3 nitrogen and oxygen atoms in total. The number of hydrogen-bond acceptors (Lipinski definition) is 3. The summed E-state index contributed by atoms with van der Waals surface area (Å²) >= 11 is 0. The summed E-state index contributed by atoms with van der Waals surface area (Å²) in [6.45, 7) is 2.62. The molecule has 2 rings (SSSR count). The van der Waals surface area contributed by atoms with Crippen molar-refractivity contribution in [3.05, 3.63) is 29.8 Å². The molecule has 82 valence electrons. The lowest BCUT2D eigenvalue weighted by molar-refractivity contribution is -0.117. The maximum Gasteiger partial charge on any atom is 0.202 e. The van der Waals surface area contributed by atoms with Crippen molar-refractivity contribution in [2.45, 2.75) is 25.7 Å². The molecule has 1 aliphatic rings. The molecule has 0 aliphatic carbocycles. The lowest BCUT2D eigenvalue weighted by Crippen LogP contribution is -2.28. The number of rotatable bonds is 3. The van der Waals surface area contributed by atoms with Gasteiger partial charge in [0.05, 0.1) is 6.10 Å². The van der Waals surface area contributed by atoms with Crippen LogP contribution in [0.1, 0.15) is 25.0 Å². The van der Waals surface area contributed by atoms with E-state index in [1.807, 2.05) is 31.2 Å². The predicted octanol–water partition coefficient (Wildman–Crippen LogP) is 2.52. The van der Waals surface area contributed by atoms with Crippen molar-refractivity contribution in [3.8, 4) is 5.75 Å². The highest BCUT2D eigenvalue weighted by atomic mass is 16.7. The third kappa shape index (κ3) is 2.13. The van der Waals surface area contributed by atoms with E-state index in [4.69, 9.17) is 14.2 Å². The van der Waals surface area contributed by atoms with Gasteiger partial charge in [-0.15, -0.1) is 0 Å². The van der Waals surface area contributed by atoms with E-state index in [2.05, 4.69) is 0 Å². The van der Waals surface area contributed by atoms with Gasteiger partial charge in [-0.2, -0.15) is 0 Å². The number of methoxy groups -OCH3 is 1. The molecule has 0 aromatic heterocycles. The van der Waals surface area contributed by atoms with E-state index >= 15 is 0 Å². The largest absolute Gasteiger partial charge is 0.464 e. The molecule has 0 spiro atoms. The van der Waals surface area contributed by atoms with E-state index in [1.54, 1.807) is 7.11 Å². The minimum absolute atomic E-state index is 0.0755. The number of fused-ring (bicyclic) bond motifs is 1. The Morgan fingerprint density at radius 2 is 2.20 bits per heavy atom. The highest BCUT2D eigenvalue weighted by Gasteiger charge is 2.27. The molecular formula is C12H16O3. The first-order chi connectivity index (χ1) is 7.35. The molecular weight excluding hydrogens is 192 g/mol. The monoisotopic (exact) mass is 208 g/mol. The first kappa shape index (κ1) is 10.5. The van der Waals surface area contributed by atoms with Gasteiger partial charge in [0.2, 0.25) is 6.29 Å². The van der Waals surface area contributed by atoms with E-state index in [0.717, 1.165) is 17.7 Å². The lowest BCUT2D eigenvalue weighted by Gasteiger charge is -2.30. The molecule has 0 unspecified atom stereocenters. The molecule has 1 aromatic rings. The van der Waals surface area contributed by atoms with Crippen molar-refractivity contribution in [1.29, 1.82) is 0 Å². The fourth-order valence-electron chi connectivity index (χ4n) is 1.86. The van der Waals surface area contributed by atoms with Crippen LogP contribution in [0.15, 0.2) is 24.3 Å². The van der Waals surface area contributed by atoms with Crippen LogP contribution in [0.2, 0.25) is 0 Å². The number of para-hydroxylation sites is 1. The zero-order valence-corrected chi connectivity index (χ0v) is 9.10. The molecule has 0 saturated heterocycles. The van der Waals surface area contributed by atoms with Gasteiger partial charge < -0.3 is 14.2 Å². The topological polar surface area (TPSA) is 27.7 Å². The fourth-order valence-corrected chi connectivity index (χ4v) is 1.86. The van der Waals surface area contributed by atoms with Crippen LogP contribution in [0, 0.1) is 0 Å². The Bertz CT molecular complexity index is 324. The second kappa shape index (κ2) is 4.64. The molecule has 1 aliphatic heterocycles. The molecule has 3 heteroatoms. The van der Waals surface area contributed by atoms with Gasteiger partial charge in [0.1, 0.15) is 5.75 Å². The van der Waals surface area contributed by atoms with Crippen molar-refractivity contribution in [2.24, 2.45) is 0 Å². The highest BCUT2D eigenvalue weighted by Crippen LogP contribution is 2.36. The van der Waals surface area contributed by atoms with Crippen LogP contribution in [0.25, 0.3) is 0 Å². The molecule has 15 heavy (non-hydrogen) atoms. The number of hydrogen-bond donors (Lipinski definition) is 0. The quantitative estimate of drug-likeness (QED) is 0.764. The summed E-state index contributed by atoms with van der Waals surface area (Å²) < 4.78 is 16.6. The summed E-state index contributed by atoms with van der Waals surface area (Å²) in [4.78, 5) is 0. The zero-order chi connectivity index (χ0) is 10.7. The summed E-state index contributed by atoms with van der Waals surface area (Å²) in [5, 5.41) is 0. The Labute approximate surface area is 90.0 Å². The van der Waals surface area contributed by atoms with E-state index in [0.29, 0.717) is 6.61 Å². The van der Waals surface area contributed by atoms with E-state index in [-0.39, 0.29) is 12.4 Å². The highest BCUT2D eigenvalue weighted by molar-refractivity contribution is 5.36. The first-order valence-electron chi connectivity index (χ1n) is 5.25. The van der Waals surface area contributed by atoms with Crippen LogP contribution < -0.4 is 4.74 Å². The minimum Gasteiger partial charge on any atom is -0.464 e. The van der Waals surface area contributed by atoms with Gasteiger partial charge in [0, 0.05) is 25.7 Å². The van der Waals surface area contributed by atoms with Crippen LogP contribution in [0.4, 0.5) is 0 Å². The van der Waals surface area contributed by atoms with E-state index in [9.17, 15) is 0 Å². The number of ether oxygens (including phenoxy) is 3. The molecule has 0 amide bonds. The Balaban J connectivity index is 2.22. The van der Waals surface area contributed by atoms with E-state index < -0.39 is 0 Å². The van der Waals surface area contributed by atoms with Crippen molar-refractivity contribution in [2.75, 3.05) is 13.7 Å². The molecule has 1 heterocycles. The molecule has 2 atom stereocenters. The van der Waals surface area contributed by atoms with Gasteiger partial charge in [-0.3, -0.25) is 0 Å². The summed E-state index contributed by atoms with van der Waals surface area (Å²) in [6, 6.07) is 7.94. The van der Waals surface area contributed by atoms with Crippen LogP contribution in [0.3, 0.4) is 0 Å². The Hall–Kier alpha value is -1.06. The minimum atomic E-state index is -0.185. The molecule has 0 fully saturated rings. The van der Waals surface area contributed by atoms with Crippen LogP contribution in [-0.2, 0) is 9.47 Å². The van der Waals surface area contributed by atoms with Crippen LogP contribution in [-0.4, -0.2) is 20.0 Å². The van der Waals surface area contributed by atoms with E-state index in [1.165, 1.54) is 0 Å². The fraction of sp³-hybridized carbons (Fsp3) is 0.500. The molecule has 0 bridgehead atoms. The number of benzene rings is 1. The lowest BCUT2D eigenvalue weighted by atomic mass is 10.0.